The summed E-state index contributed by atoms with van der Waals surface area (Å²) in [6.07, 6.45) is 0.180. The molecule has 38 heavy (non-hydrogen) atoms. The minimum atomic E-state index is -3.01. The molecular weight excluding hydrogens is 530 g/mol. The van der Waals surface area contributed by atoms with Gasteiger partial charge in [0.05, 0.1) is 16.6 Å². The number of aromatic nitrogens is 1. The Morgan fingerprint density at radius 1 is 1.29 bits per heavy atom. The lowest BCUT2D eigenvalue weighted by Gasteiger charge is -2.29. The first kappa shape index (κ1) is 26.3. The molecule has 1 aromatic heterocycles. The molecule has 3 fully saturated rings. The van der Waals surface area contributed by atoms with Gasteiger partial charge < -0.3 is 20.5 Å². The Morgan fingerprint density at radius 3 is 2.76 bits per heavy atom. The molecule has 1 saturated carbocycles. The number of halogens is 5. The van der Waals surface area contributed by atoms with E-state index in [4.69, 9.17) is 11.6 Å². The predicted octanol–water partition coefficient (Wildman–Crippen LogP) is 3.51. The number of fused-ring (bicyclic) bond motifs is 2. The Hall–Kier alpha value is -3.33. The Bertz CT molecular complexity index is 1360. The number of nitrogens with one attached hydrogen (secondary N) is 3. The topological polar surface area (TPSA) is 118 Å². The first-order valence-electron chi connectivity index (χ1n) is 12.3. The summed E-state index contributed by atoms with van der Waals surface area (Å²) in [6.45, 7) is 0.365. The zero-order valence-electron chi connectivity index (χ0n) is 20.0. The van der Waals surface area contributed by atoms with E-state index in [9.17, 15) is 37.2 Å². The molecule has 8 nitrogen and oxygen atoms in total. The number of nitriles is 1. The number of benzene rings is 1. The number of carbonyl (C=O) groups is 3. The highest BCUT2D eigenvalue weighted by Crippen LogP contribution is 2.50. The van der Waals surface area contributed by atoms with Gasteiger partial charge in [-0.05, 0) is 43.2 Å². The van der Waals surface area contributed by atoms with E-state index in [-0.39, 0.29) is 35.5 Å². The van der Waals surface area contributed by atoms with Crippen LogP contribution < -0.4 is 10.6 Å². The molecule has 3 amide bonds. The molecule has 5 atom stereocenters. The minimum Gasteiger partial charge on any atom is -0.356 e. The van der Waals surface area contributed by atoms with Gasteiger partial charge in [-0.3, -0.25) is 14.4 Å². The van der Waals surface area contributed by atoms with Crippen molar-refractivity contribution in [1.82, 2.24) is 20.5 Å². The summed E-state index contributed by atoms with van der Waals surface area (Å²) in [5, 5.41) is 14.2. The highest BCUT2D eigenvalue weighted by Gasteiger charge is 2.58. The maximum atomic E-state index is 14.5. The summed E-state index contributed by atoms with van der Waals surface area (Å²) >= 11 is 5.70. The van der Waals surface area contributed by atoms with Crippen molar-refractivity contribution in [2.75, 3.05) is 13.1 Å². The van der Waals surface area contributed by atoms with Crippen LogP contribution in [0.25, 0.3) is 10.9 Å². The molecular formula is C25H24ClF4N5O3. The molecule has 0 spiro atoms. The third-order valence-electron chi connectivity index (χ3n) is 7.78. The summed E-state index contributed by atoms with van der Waals surface area (Å²) in [4.78, 5) is 42.6. The molecule has 3 N–H and O–H groups in total. The van der Waals surface area contributed by atoms with Crippen molar-refractivity contribution in [3.05, 3.63) is 34.5 Å². The summed E-state index contributed by atoms with van der Waals surface area (Å²) in [5.41, 5.74) is -0.569. The van der Waals surface area contributed by atoms with Gasteiger partial charge in [0.25, 0.3) is 5.91 Å². The second-order valence-electron chi connectivity index (χ2n) is 10.3. The summed E-state index contributed by atoms with van der Waals surface area (Å²) in [7, 11) is 0. The van der Waals surface area contributed by atoms with E-state index in [1.807, 2.05) is 6.07 Å². The van der Waals surface area contributed by atoms with Gasteiger partial charge in [0.15, 0.2) is 5.82 Å². The van der Waals surface area contributed by atoms with Crippen LogP contribution in [-0.2, 0) is 9.59 Å². The van der Waals surface area contributed by atoms with Crippen molar-refractivity contribution in [3.63, 3.8) is 0 Å². The van der Waals surface area contributed by atoms with Crippen molar-refractivity contribution >= 4 is 40.2 Å². The normalized spacial score (nSPS) is 27.1. The number of hydrogen-bond donors (Lipinski definition) is 3. The highest BCUT2D eigenvalue weighted by molar-refractivity contribution is 6.31. The molecule has 2 saturated heterocycles. The van der Waals surface area contributed by atoms with E-state index in [2.05, 4.69) is 15.6 Å². The van der Waals surface area contributed by atoms with Crippen molar-refractivity contribution < 1.29 is 31.9 Å². The van der Waals surface area contributed by atoms with Crippen molar-refractivity contribution in [3.8, 4) is 6.07 Å². The Kier molecular flexibility index (Phi) is 6.75. The van der Waals surface area contributed by atoms with Gasteiger partial charge in [-0.1, -0.05) is 11.6 Å². The zero-order chi connectivity index (χ0) is 27.4. The Labute approximate surface area is 219 Å². The van der Waals surface area contributed by atoms with E-state index in [1.165, 1.54) is 0 Å². The molecule has 2 aromatic rings. The van der Waals surface area contributed by atoms with Gasteiger partial charge in [-0.25, -0.2) is 17.6 Å². The third kappa shape index (κ3) is 4.68. The van der Waals surface area contributed by atoms with E-state index >= 15 is 0 Å². The monoisotopic (exact) mass is 553 g/mol. The van der Waals surface area contributed by atoms with E-state index in [1.54, 1.807) is 0 Å². The summed E-state index contributed by atoms with van der Waals surface area (Å²) in [5.74, 6) is -8.69. The number of nitrogens with zero attached hydrogens (tertiary/aromatic N) is 2. The smallest absolute Gasteiger partial charge is 0.271 e. The van der Waals surface area contributed by atoms with Gasteiger partial charge in [0.2, 0.25) is 17.7 Å². The number of hydrogen-bond acceptors (Lipinski definition) is 4. The fourth-order valence-corrected chi connectivity index (χ4v) is 6.24. The van der Waals surface area contributed by atoms with Gasteiger partial charge in [0, 0.05) is 37.2 Å². The van der Waals surface area contributed by atoms with Crippen LogP contribution >= 0.6 is 11.6 Å². The molecule has 0 radical (unpaired) electrons. The van der Waals surface area contributed by atoms with E-state index < -0.39 is 77.1 Å². The fourth-order valence-electron chi connectivity index (χ4n) is 6.05. The number of alkyl halides is 2. The van der Waals surface area contributed by atoms with Crippen LogP contribution in [0.4, 0.5) is 17.6 Å². The molecule has 0 unspecified atom stereocenters. The number of rotatable bonds is 5. The number of aromatic amines is 1. The van der Waals surface area contributed by atoms with Crippen LogP contribution in [0.15, 0.2) is 12.1 Å². The molecule has 2 aliphatic heterocycles. The van der Waals surface area contributed by atoms with Crippen LogP contribution in [0.5, 0.6) is 0 Å². The van der Waals surface area contributed by atoms with Crippen molar-refractivity contribution in [2.45, 2.75) is 50.1 Å². The predicted molar refractivity (Wildman–Crippen MR) is 127 cm³/mol. The van der Waals surface area contributed by atoms with Gasteiger partial charge in [0.1, 0.15) is 23.6 Å². The Morgan fingerprint density at radius 2 is 2.05 bits per heavy atom. The number of amides is 3. The van der Waals surface area contributed by atoms with Crippen LogP contribution in [0, 0.1) is 40.7 Å². The lowest BCUT2D eigenvalue weighted by molar-refractivity contribution is -0.129. The molecule has 1 aromatic carbocycles. The largest absolute Gasteiger partial charge is 0.356 e. The lowest BCUT2D eigenvalue weighted by atomic mass is 9.90. The molecule has 3 aliphatic rings. The summed E-state index contributed by atoms with van der Waals surface area (Å²) in [6, 6.07) is 1.40. The van der Waals surface area contributed by atoms with Crippen LogP contribution in [0.1, 0.15) is 42.6 Å². The van der Waals surface area contributed by atoms with Crippen LogP contribution in [0.3, 0.4) is 0 Å². The lowest BCUT2D eigenvalue weighted by Crippen LogP contribution is -2.52. The second-order valence-corrected chi connectivity index (χ2v) is 10.7. The number of carbonyl (C=O) groups excluding carboxylic acids is 3. The first-order valence-corrected chi connectivity index (χ1v) is 12.7. The minimum absolute atomic E-state index is 0.0420. The average Bonchev–Trinajstić information content (AvgIpc) is 3.53. The van der Waals surface area contributed by atoms with Crippen molar-refractivity contribution in [2.24, 2.45) is 17.8 Å². The number of piperidine rings is 1. The number of H-pyrrole nitrogens is 1. The van der Waals surface area contributed by atoms with Gasteiger partial charge >= 0.3 is 0 Å². The molecule has 3 heterocycles. The molecule has 13 heteroatoms. The van der Waals surface area contributed by atoms with Gasteiger partial charge in [-0.15, -0.1) is 0 Å². The molecule has 1 aliphatic carbocycles. The van der Waals surface area contributed by atoms with E-state index in [0.717, 1.165) is 23.5 Å². The molecule has 202 valence electrons. The fraction of sp³-hybridized carbons (Fsp3) is 0.520. The van der Waals surface area contributed by atoms with Crippen LogP contribution in [0.2, 0.25) is 5.02 Å². The Balaban J connectivity index is 1.41. The van der Waals surface area contributed by atoms with Gasteiger partial charge in [-0.2, -0.15) is 5.26 Å². The maximum Gasteiger partial charge on any atom is 0.271 e. The van der Waals surface area contributed by atoms with Crippen molar-refractivity contribution in [1.29, 1.82) is 5.26 Å². The quantitative estimate of drug-likeness (QED) is 0.388. The average molecular weight is 554 g/mol. The first-order chi connectivity index (χ1) is 18.0. The highest BCUT2D eigenvalue weighted by atomic mass is 35.5. The maximum absolute atomic E-state index is 14.5. The van der Waals surface area contributed by atoms with E-state index in [0.29, 0.717) is 13.0 Å². The molecule has 0 bridgehead atoms. The SMILES string of the molecule is N#C[C@@H](C[C@H]1CCCNC1=O)NC(=O)[C@H]1[C@H]2CC(F)(F)C[C@H]2CN1C(=O)c1cc2c(F)cc(Cl)c(F)c2[nH]1. The van der Waals surface area contributed by atoms with Crippen LogP contribution in [-0.4, -0.2) is 58.7 Å². The standard InChI is InChI=1S/C25H24ClF4N5O3/c26-16-6-17(27)14-5-18(34-20(14)19(16)28)24(38)35-10-12-7-25(29,30)8-15(12)21(35)23(37)33-13(9-31)4-11-2-1-3-32-22(11)36/h5-6,11-13,15,21,34H,1-4,7-8,10H2,(H,32,36)(H,33,37)/t11-,12+,13-,15+,21-/m1/s1. The second kappa shape index (κ2) is 9.76. The third-order valence-corrected chi connectivity index (χ3v) is 8.06. The summed E-state index contributed by atoms with van der Waals surface area (Å²) < 4.78 is 57.3. The molecule has 5 rings (SSSR count). The zero-order valence-corrected chi connectivity index (χ0v) is 20.8. The number of likely N-dealkylation sites (tertiary alicyclic amines) is 1.